The second kappa shape index (κ2) is 9.04. The van der Waals surface area contributed by atoms with Crippen LogP contribution in [-0.4, -0.2) is 13.1 Å². The zero-order valence-corrected chi connectivity index (χ0v) is 11.4. The third-order valence-corrected chi connectivity index (χ3v) is 4.18. The van der Waals surface area contributed by atoms with Crippen LogP contribution in [0.3, 0.4) is 0 Å². The summed E-state index contributed by atoms with van der Waals surface area (Å²) >= 11 is 0. The van der Waals surface area contributed by atoms with Gasteiger partial charge in [-0.1, -0.05) is 58.8 Å². The van der Waals surface area contributed by atoms with Crippen molar-refractivity contribution in [3.63, 3.8) is 0 Å². The fourth-order valence-electron chi connectivity index (χ4n) is 2.85. The van der Waals surface area contributed by atoms with Gasteiger partial charge in [-0.3, -0.25) is 0 Å². The van der Waals surface area contributed by atoms with Crippen LogP contribution in [0.25, 0.3) is 0 Å². The molecule has 0 saturated heterocycles. The molecule has 0 bridgehead atoms. The zero-order chi connectivity index (χ0) is 11.6. The Kier molecular flexibility index (Phi) is 7.92. The van der Waals surface area contributed by atoms with E-state index in [0.717, 1.165) is 11.8 Å². The minimum Gasteiger partial charge on any atom is -0.316 e. The lowest BCUT2D eigenvalue weighted by Gasteiger charge is -2.16. The molecule has 0 amide bonds. The van der Waals surface area contributed by atoms with Crippen molar-refractivity contribution >= 4 is 0 Å². The van der Waals surface area contributed by atoms with Crippen LogP contribution < -0.4 is 5.32 Å². The molecule has 0 aliphatic heterocycles. The van der Waals surface area contributed by atoms with Crippen molar-refractivity contribution in [2.24, 2.45) is 11.8 Å². The minimum absolute atomic E-state index is 0.920. The van der Waals surface area contributed by atoms with Gasteiger partial charge < -0.3 is 5.32 Å². The van der Waals surface area contributed by atoms with E-state index in [1.807, 2.05) is 0 Å². The quantitative estimate of drug-likeness (QED) is 0.574. The summed E-state index contributed by atoms with van der Waals surface area (Å²) in [5, 5.41) is 3.67. The maximum Gasteiger partial charge on any atom is -0.00206 e. The molecule has 16 heavy (non-hydrogen) atoms. The molecule has 1 nitrogen and oxygen atoms in total. The van der Waals surface area contributed by atoms with Crippen LogP contribution in [-0.2, 0) is 0 Å². The van der Waals surface area contributed by atoms with E-state index < -0.39 is 0 Å². The van der Waals surface area contributed by atoms with E-state index in [4.69, 9.17) is 0 Å². The van der Waals surface area contributed by atoms with Gasteiger partial charge in [0.05, 0.1) is 0 Å². The Labute approximate surface area is 102 Å². The Morgan fingerprint density at radius 3 is 2.56 bits per heavy atom. The Morgan fingerprint density at radius 1 is 1.19 bits per heavy atom. The van der Waals surface area contributed by atoms with E-state index in [2.05, 4.69) is 19.2 Å². The summed E-state index contributed by atoms with van der Waals surface area (Å²) in [5.74, 6) is 1.96. The van der Waals surface area contributed by atoms with E-state index in [-0.39, 0.29) is 0 Å². The first-order valence-corrected chi connectivity index (χ1v) is 7.57. The maximum atomic E-state index is 3.67. The molecule has 1 atom stereocenters. The van der Waals surface area contributed by atoms with E-state index in [0.29, 0.717) is 0 Å². The van der Waals surface area contributed by atoms with Crippen molar-refractivity contribution in [2.45, 2.75) is 71.6 Å². The Morgan fingerprint density at radius 2 is 1.94 bits per heavy atom. The lowest BCUT2D eigenvalue weighted by Crippen LogP contribution is -2.24. The van der Waals surface area contributed by atoms with Crippen molar-refractivity contribution in [3.8, 4) is 0 Å². The molecular weight excluding hydrogens is 194 g/mol. The van der Waals surface area contributed by atoms with Crippen molar-refractivity contribution in [1.82, 2.24) is 5.32 Å². The molecule has 1 rings (SSSR count). The minimum atomic E-state index is 0.920. The summed E-state index contributed by atoms with van der Waals surface area (Å²) < 4.78 is 0. The molecule has 96 valence electrons. The van der Waals surface area contributed by atoms with Crippen LogP contribution in [0.2, 0.25) is 0 Å². The Hall–Kier alpha value is -0.0400. The monoisotopic (exact) mass is 225 g/mol. The summed E-state index contributed by atoms with van der Waals surface area (Å²) in [7, 11) is 0. The van der Waals surface area contributed by atoms with Crippen LogP contribution in [0.15, 0.2) is 0 Å². The van der Waals surface area contributed by atoms with Crippen molar-refractivity contribution in [2.75, 3.05) is 13.1 Å². The van der Waals surface area contributed by atoms with Crippen LogP contribution in [0, 0.1) is 11.8 Å². The summed E-state index contributed by atoms with van der Waals surface area (Å²) in [5.41, 5.74) is 0. The molecule has 1 aliphatic rings. The van der Waals surface area contributed by atoms with Crippen LogP contribution in [0.5, 0.6) is 0 Å². The maximum absolute atomic E-state index is 3.67. The largest absolute Gasteiger partial charge is 0.316 e. The highest BCUT2D eigenvalue weighted by atomic mass is 14.9. The van der Waals surface area contributed by atoms with Gasteiger partial charge in [-0.2, -0.15) is 0 Å². The molecule has 0 spiro atoms. The zero-order valence-electron chi connectivity index (χ0n) is 11.4. The smallest absolute Gasteiger partial charge is 0.00206 e. The standard InChI is InChI=1S/C15H31N/c1-3-5-8-14(4-2)13-16-12-11-15-9-6-7-10-15/h14-16H,3-13H2,1-2H3. The van der Waals surface area contributed by atoms with Crippen LogP contribution in [0.1, 0.15) is 71.6 Å². The first-order valence-electron chi connectivity index (χ1n) is 7.57. The molecule has 0 radical (unpaired) electrons. The number of hydrogen-bond acceptors (Lipinski definition) is 1. The first kappa shape index (κ1) is 14.0. The highest BCUT2D eigenvalue weighted by Crippen LogP contribution is 2.26. The van der Waals surface area contributed by atoms with E-state index in [9.17, 15) is 0 Å². The average molecular weight is 225 g/mol. The van der Waals surface area contributed by atoms with E-state index >= 15 is 0 Å². The number of rotatable bonds is 9. The lowest BCUT2D eigenvalue weighted by atomic mass is 9.99. The second-order valence-corrected chi connectivity index (χ2v) is 5.56. The molecule has 1 fully saturated rings. The van der Waals surface area contributed by atoms with Gasteiger partial charge in [-0.05, 0) is 37.8 Å². The molecule has 0 aromatic rings. The van der Waals surface area contributed by atoms with E-state index in [1.165, 1.54) is 70.9 Å². The highest BCUT2D eigenvalue weighted by Gasteiger charge is 2.14. The first-order chi connectivity index (χ1) is 7.86. The third-order valence-electron chi connectivity index (χ3n) is 4.18. The summed E-state index contributed by atoms with van der Waals surface area (Å²) in [6.45, 7) is 7.13. The molecule has 1 N–H and O–H groups in total. The molecule has 0 aromatic heterocycles. The fourth-order valence-corrected chi connectivity index (χ4v) is 2.85. The lowest BCUT2D eigenvalue weighted by molar-refractivity contribution is 0.401. The predicted molar refractivity (Wildman–Crippen MR) is 72.8 cm³/mol. The van der Waals surface area contributed by atoms with Gasteiger partial charge in [-0.25, -0.2) is 0 Å². The molecular formula is C15H31N. The Bertz CT molecular complexity index is 150. The number of nitrogens with one attached hydrogen (secondary N) is 1. The average Bonchev–Trinajstić information content (AvgIpc) is 2.81. The molecule has 1 aliphatic carbocycles. The summed E-state index contributed by atoms with van der Waals surface area (Å²) in [6.07, 6.45) is 12.9. The highest BCUT2D eigenvalue weighted by molar-refractivity contribution is 4.69. The summed E-state index contributed by atoms with van der Waals surface area (Å²) in [4.78, 5) is 0. The van der Waals surface area contributed by atoms with Gasteiger partial charge in [0.25, 0.3) is 0 Å². The summed E-state index contributed by atoms with van der Waals surface area (Å²) in [6, 6.07) is 0. The van der Waals surface area contributed by atoms with Gasteiger partial charge in [0, 0.05) is 0 Å². The molecule has 0 heterocycles. The van der Waals surface area contributed by atoms with E-state index in [1.54, 1.807) is 0 Å². The van der Waals surface area contributed by atoms with Crippen LogP contribution >= 0.6 is 0 Å². The van der Waals surface area contributed by atoms with Crippen molar-refractivity contribution in [1.29, 1.82) is 0 Å². The van der Waals surface area contributed by atoms with Crippen LogP contribution in [0.4, 0.5) is 0 Å². The molecule has 1 heteroatoms. The van der Waals surface area contributed by atoms with Crippen molar-refractivity contribution in [3.05, 3.63) is 0 Å². The predicted octanol–water partition coefficient (Wildman–Crippen LogP) is 4.37. The Balaban J connectivity index is 1.95. The normalized spacial score (nSPS) is 19.1. The van der Waals surface area contributed by atoms with Gasteiger partial charge in [-0.15, -0.1) is 0 Å². The topological polar surface area (TPSA) is 12.0 Å². The van der Waals surface area contributed by atoms with Gasteiger partial charge in [0.2, 0.25) is 0 Å². The van der Waals surface area contributed by atoms with Crippen molar-refractivity contribution < 1.29 is 0 Å². The molecule has 1 unspecified atom stereocenters. The van der Waals surface area contributed by atoms with Gasteiger partial charge >= 0.3 is 0 Å². The third kappa shape index (κ3) is 5.89. The molecule has 0 aromatic carbocycles. The fraction of sp³-hybridized carbons (Fsp3) is 1.00. The molecule has 1 saturated carbocycles. The van der Waals surface area contributed by atoms with Gasteiger partial charge in [0.15, 0.2) is 0 Å². The SMILES string of the molecule is CCCCC(CC)CNCCC1CCCC1. The number of hydrogen-bond donors (Lipinski definition) is 1. The second-order valence-electron chi connectivity index (χ2n) is 5.56. The van der Waals surface area contributed by atoms with Gasteiger partial charge in [0.1, 0.15) is 0 Å². The number of unbranched alkanes of at least 4 members (excludes halogenated alkanes) is 1.